The fourth-order valence-corrected chi connectivity index (χ4v) is 2.86. The second kappa shape index (κ2) is 5.00. The smallest absolute Gasteiger partial charge is 0.250 e. The molecule has 0 amide bonds. The fourth-order valence-electron chi connectivity index (χ4n) is 2.86. The van der Waals surface area contributed by atoms with E-state index >= 15 is 0 Å². The highest BCUT2D eigenvalue weighted by atomic mass is 16.2. The Morgan fingerprint density at radius 2 is 1.58 bits per heavy atom. The Morgan fingerprint density at radius 3 is 2.26 bits per heavy atom. The lowest BCUT2D eigenvalue weighted by Gasteiger charge is -2.25. The summed E-state index contributed by atoms with van der Waals surface area (Å²) in [5.74, 6) is 0. The average molecular weight is 255 g/mol. The van der Waals surface area contributed by atoms with E-state index in [-0.39, 0.29) is 10.9 Å². The maximum atomic E-state index is 11.8. The van der Waals surface area contributed by atoms with Crippen molar-refractivity contribution in [3.05, 3.63) is 50.8 Å². The first kappa shape index (κ1) is 12.2. The largest absolute Gasteiger partial charge is 0.378 e. The van der Waals surface area contributed by atoms with Crippen molar-refractivity contribution >= 4 is 5.69 Å². The minimum Gasteiger partial charge on any atom is -0.378 e. The molecule has 0 unspecified atom stereocenters. The van der Waals surface area contributed by atoms with Gasteiger partial charge >= 0.3 is 0 Å². The van der Waals surface area contributed by atoms with Gasteiger partial charge in [-0.25, -0.2) is 0 Å². The molecule has 19 heavy (non-hydrogen) atoms. The van der Waals surface area contributed by atoms with Crippen molar-refractivity contribution < 1.29 is 0 Å². The molecule has 0 aliphatic heterocycles. The number of hydrogen-bond acceptors (Lipinski definition) is 3. The Balaban J connectivity index is 1.88. The molecule has 0 atom stereocenters. The molecular weight excluding hydrogens is 238 g/mol. The van der Waals surface area contributed by atoms with Crippen LogP contribution in [-0.4, -0.2) is 6.04 Å². The van der Waals surface area contributed by atoms with Crippen LogP contribution in [0.3, 0.4) is 0 Å². The van der Waals surface area contributed by atoms with Gasteiger partial charge in [0.05, 0.1) is 11.3 Å². The minimum absolute atomic E-state index is 0.347. The first-order valence-electron chi connectivity index (χ1n) is 6.92. The number of anilines is 1. The van der Waals surface area contributed by atoms with Crippen LogP contribution >= 0.6 is 0 Å². The van der Waals surface area contributed by atoms with E-state index in [0.29, 0.717) is 17.3 Å². The zero-order valence-electron chi connectivity index (χ0n) is 10.8. The number of benzene rings is 1. The molecule has 1 N–H and O–H groups in total. The monoisotopic (exact) mass is 255 g/mol. The van der Waals surface area contributed by atoms with Gasteiger partial charge in [0, 0.05) is 6.04 Å². The highest BCUT2D eigenvalue weighted by Crippen LogP contribution is 2.27. The molecule has 98 valence electrons. The number of rotatable bonds is 3. The van der Waals surface area contributed by atoms with Crippen molar-refractivity contribution in [3.63, 3.8) is 0 Å². The van der Waals surface area contributed by atoms with Crippen molar-refractivity contribution in [3.8, 4) is 11.1 Å². The zero-order chi connectivity index (χ0) is 13.2. The second-order valence-corrected chi connectivity index (χ2v) is 5.25. The van der Waals surface area contributed by atoms with Crippen molar-refractivity contribution in [2.24, 2.45) is 0 Å². The molecular formula is C16H17NO2. The lowest BCUT2D eigenvalue weighted by atomic mass is 9.93. The first-order chi connectivity index (χ1) is 9.27. The van der Waals surface area contributed by atoms with Crippen LogP contribution in [0.2, 0.25) is 0 Å². The summed E-state index contributed by atoms with van der Waals surface area (Å²) in [6, 6.07) is 9.78. The minimum atomic E-state index is -0.357. The maximum absolute atomic E-state index is 11.8. The molecule has 3 heteroatoms. The van der Waals surface area contributed by atoms with E-state index in [9.17, 15) is 9.59 Å². The first-order valence-corrected chi connectivity index (χ1v) is 6.92. The van der Waals surface area contributed by atoms with E-state index in [1.807, 2.05) is 30.3 Å². The molecule has 2 aromatic rings. The van der Waals surface area contributed by atoms with Gasteiger partial charge in [-0.2, -0.15) is 0 Å². The van der Waals surface area contributed by atoms with Gasteiger partial charge in [0.1, 0.15) is 0 Å². The highest BCUT2D eigenvalue weighted by Gasteiger charge is 2.24. The summed E-state index contributed by atoms with van der Waals surface area (Å²) < 4.78 is 0. The molecule has 1 aliphatic rings. The van der Waals surface area contributed by atoms with E-state index in [1.54, 1.807) is 0 Å². The summed E-state index contributed by atoms with van der Waals surface area (Å²) >= 11 is 0. The summed E-state index contributed by atoms with van der Waals surface area (Å²) in [4.78, 5) is 23.5. The Labute approximate surface area is 112 Å². The maximum Gasteiger partial charge on any atom is 0.250 e. The van der Waals surface area contributed by atoms with E-state index in [1.165, 1.54) is 19.3 Å². The van der Waals surface area contributed by atoms with Crippen LogP contribution in [0.25, 0.3) is 11.1 Å². The molecule has 0 bridgehead atoms. The molecule has 0 saturated heterocycles. The summed E-state index contributed by atoms with van der Waals surface area (Å²) in [5.41, 5.74) is 1.22. The van der Waals surface area contributed by atoms with Crippen molar-refractivity contribution in [1.29, 1.82) is 0 Å². The third kappa shape index (κ3) is 2.21. The summed E-state index contributed by atoms with van der Waals surface area (Å²) in [7, 11) is 0. The Bertz CT molecular complexity index is 632. The van der Waals surface area contributed by atoms with Crippen LogP contribution in [-0.2, 0) is 0 Å². The quantitative estimate of drug-likeness (QED) is 0.858. The molecule has 1 fully saturated rings. The third-order valence-electron chi connectivity index (χ3n) is 3.93. The second-order valence-electron chi connectivity index (χ2n) is 5.25. The van der Waals surface area contributed by atoms with Crippen LogP contribution in [0, 0.1) is 0 Å². The number of nitrogens with one attached hydrogen (secondary N) is 1. The molecule has 3 rings (SSSR count). The zero-order valence-corrected chi connectivity index (χ0v) is 10.8. The van der Waals surface area contributed by atoms with Gasteiger partial charge in [-0.05, 0) is 18.4 Å². The standard InChI is InChI=1S/C16H17NO2/c18-15-13(11-7-3-1-4-8-11)14(16(15)19)17-12-9-5-2-6-10-12/h1,3-4,7-8,12,17H,2,5-6,9-10H2. The summed E-state index contributed by atoms with van der Waals surface area (Å²) in [6.45, 7) is 0. The van der Waals surface area contributed by atoms with Gasteiger partial charge in [0.25, 0.3) is 0 Å². The van der Waals surface area contributed by atoms with Crippen molar-refractivity contribution in [1.82, 2.24) is 0 Å². The fraction of sp³-hybridized carbons (Fsp3) is 0.375. The predicted molar refractivity (Wildman–Crippen MR) is 77.3 cm³/mol. The van der Waals surface area contributed by atoms with Crippen molar-refractivity contribution in [2.75, 3.05) is 5.32 Å². The summed E-state index contributed by atoms with van der Waals surface area (Å²) in [5, 5.41) is 3.29. The Morgan fingerprint density at radius 1 is 0.895 bits per heavy atom. The van der Waals surface area contributed by atoms with Gasteiger partial charge in [0.15, 0.2) is 0 Å². The molecule has 1 saturated carbocycles. The van der Waals surface area contributed by atoms with E-state index in [2.05, 4.69) is 5.32 Å². The van der Waals surface area contributed by atoms with Gasteiger partial charge in [-0.15, -0.1) is 0 Å². The van der Waals surface area contributed by atoms with Crippen LogP contribution in [0.15, 0.2) is 39.9 Å². The SMILES string of the molecule is O=c1c(NC2CCCCC2)c(-c2ccccc2)c1=O. The molecule has 2 aromatic carbocycles. The molecule has 0 radical (unpaired) electrons. The van der Waals surface area contributed by atoms with Gasteiger partial charge in [-0.3, -0.25) is 9.59 Å². The van der Waals surface area contributed by atoms with Gasteiger partial charge in [-0.1, -0.05) is 49.6 Å². The third-order valence-corrected chi connectivity index (χ3v) is 3.93. The van der Waals surface area contributed by atoms with Crippen molar-refractivity contribution in [2.45, 2.75) is 38.1 Å². The average Bonchev–Trinajstić information content (AvgIpc) is 2.48. The van der Waals surface area contributed by atoms with Crippen LogP contribution in [0.1, 0.15) is 32.1 Å². The predicted octanol–water partition coefficient (Wildman–Crippen LogP) is 2.69. The number of hydrogen-bond donors (Lipinski definition) is 1. The molecule has 3 nitrogen and oxygen atoms in total. The lowest BCUT2D eigenvalue weighted by Crippen LogP contribution is -2.39. The van der Waals surface area contributed by atoms with E-state index in [0.717, 1.165) is 18.4 Å². The van der Waals surface area contributed by atoms with Crippen LogP contribution in [0.4, 0.5) is 5.69 Å². The molecule has 1 aliphatic carbocycles. The van der Waals surface area contributed by atoms with E-state index in [4.69, 9.17) is 0 Å². The topological polar surface area (TPSA) is 46.2 Å². The Kier molecular flexibility index (Phi) is 3.20. The Hall–Kier alpha value is -1.90. The molecule has 0 heterocycles. The van der Waals surface area contributed by atoms with Gasteiger partial charge < -0.3 is 5.32 Å². The van der Waals surface area contributed by atoms with Gasteiger partial charge in [0.2, 0.25) is 10.9 Å². The molecule has 0 aromatic heterocycles. The van der Waals surface area contributed by atoms with E-state index < -0.39 is 0 Å². The highest BCUT2D eigenvalue weighted by molar-refractivity contribution is 5.81. The molecule has 0 spiro atoms. The van der Waals surface area contributed by atoms with Crippen LogP contribution < -0.4 is 16.2 Å². The van der Waals surface area contributed by atoms with Crippen LogP contribution in [0.5, 0.6) is 0 Å². The lowest BCUT2D eigenvalue weighted by molar-refractivity contribution is 0.462. The summed E-state index contributed by atoms with van der Waals surface area (Å²) in [6.07, 6.45) is 5.86. The normalized spacial score (nSPS) is 16.6.